The highest BCUT2D eigenvalue weighted by atomic mass is 35.5. The second-order valence-corrected chi connectivity index (χ2v) is 8.74. The molecule has 2 N–H and O–H groups in total. The van der Waals surface area contributed by atoms with E-state index in [4.69, 9.17) is 16.3 Å². The van der Waals surface area contributed by atoms with Crippen molar-refractivity contribution < 1.29 is 13.2 Å². The standard InChI is InChI=1S/C22H19ClN4O3S/c1-24-21-10-4-15-11-14(3-9-19(15)26-21)16-12-20(22(23)25-13-16)27-31(28,29)18-7-5-17(30-2)6-8-18/h3-13,27H,1-2H3,(H,24,26). The van der Waals surface area contributed by atoms with E-state index in [-0.39, 0.29) is 15.7 Å². The molecule has 0 fully saturated rings. The number of ether oxygens (including phenoxy) is 1. The lowest BCUT2D eigenvalue weighted by molar-refractivity contribution is 0.414. The van der Waals surface area contributed by atoms with Gasteiger partial charge in [0.15, 0.2) is 5.15 Å². The third-order valence-corrected chi connectivity index (χ3v) is 6.41. The lowest BCUT2D eigenvalue weighted by Crippen LogP contribution is -2.13. The molecule has 0 radical (unpaired) electrons. The molecule has 9 heteroatoms. The molecular formula is C22H19ClN4O3S. The van der Waals surface area contributed by atoms with Gasteiger partial charge in [-0.05, 0) is 60.2 Å². The van der Waals surface area contributed by atoms with Gasteiger partial charge in [-0.3, -0.25) is 4.72 Å². The number of nitrogens with one attached hydrogen (secondary N) is 2. The molecule has 0 aliphatic rings. The summed E-state index contributed by atoms with van der Waals surface area (Å²) in [5.41, 5.74) is 2.62. The highest BCUT2D eigenvalue weighted by molar-refractivity contribution is 7.92. The van der Waals surface area contributed by atoms with Crippen molar-refractivity contribution in [3.63, 3.8) is 0 Å². The van der Waals surface area contributed by atoms with E-state index in [2.05, 4.69) is 20.0 Å². The minimum atomic E-state index is -3.85. The third-order valence-electron chi connectivity index (χ3n) is 4.73. The van der Waals surface area contributed by atoms with Gasteiger partial charge in [0.2, 0.25) is 0 Å². The summed E-state index contributed by atoms with van der Waals surface area (Å²) in [6.45, 7) is 0. The summed E-state index contributed by atoms with van der Waals surface area (Å²) in [7, 11) is -0.518. The molecule has 31 heavy (non-hydrogen) atoms. The van der Waals surface area contributed by atoms with Crippen LogP contribution in [0.25, 0.3) is 22.0 Å². The number of fused-ring (bicyclic) bond motifs is 1. The van der Waals surface area contributed by atoms with E-state index >= 15 is 0 Å². The van der Waals surface area contributed by atoms with Crippen molar-refractivity contribution in [2.45, 2.75) is 4.90 Å². The van der Waals surface area contributed by atoms with Crippen molar-refractivity contribution in [2.24, 2.45) is 0 Å². The molecule has 0 bridgehead atoms. The summed E-state index contributed by atoms with van der Waals surface area (Å²) in [6.07, 6.45) is 1.60. The van der Waals surface area contributed by atoms with Crippen molar-refractivity contribution in [3.05, 3.63) is 72.0 Å². The van der Waals surface area contributed by atoms with Gasteiger partial charge in [0, 0.05) is 24.2 Å². The van der Waals surface area contributed by atoms with Gasteiger partial charge < -0.3 is 10.1 Å². The van der Waals surface area contributed by atoms with Crippen LogP contribution in [0.15, 0.2) is 71.8 Å². The number of rotatable bonds is 6. The monoisotopic (exact) mass is 454 g/mol. The summed E-state index contributed by atoms with van der Waals surface area (Å²) in [5, 5.41) is 4.02. The summed E-state index contributed by atoms with van der Waals surface area (Å²) >= 11 is 6.18. The van der Waals surface area contributed by atoms with Crippen LogP contribution in [-0.4, -0.2) is 32.5 Å². The van der Waals surface area contributed by atoms with Gasteiger partial charge in [0.25, 0.3) is 10.0 Å². The molecule has 7 nitrogen and oxygen atoms in total. The molecule has 4 rings (SSSR count). The highest BCUT2D eigenvalue weighted by Gasteiger charge is 2.17. The third kappa shape index (κ3) is 4.40. The first-order chi connectivity index (χ1) is 14.9. The lowest BCUT2D eigenvalue weighted by atomic mass is 10.0. The van der Waals surface area contributed by atoms with Crippen molar-refractivity contribution in [1.29, 1.82) is 0 Å². The topological polar surface area (TPSA) is 93.2 Å². The predicted molar refractivity (Wildman–Crippen MR) is 123 cm³/mol. The molecule has 0 aliphatic heterocycles. The summed E-state index contributed by atoms with van der Waals surface area (Å²) in [5.74, 6) is 1.34. The number of hydrogen-bond acceptors (Lipinski definition) is 6. The number of halogens is 1. The Labute approximate surface area is 185 Å². The number of methoxy groups -OCH3 is 1. The Bertz CT molecular complexity index is 1360. The molecule has 2 aromatic carbocycles. The molecule has 2 aromatic heterocycles. The SMILES string of the molecule is CNc1ccc2cc(-c3cnc(Cl)c(NS(=O)(=O)c4ccc(OC)cc4)c3)ccc2n1. The zero-order valence-electron chi connectivity index (χ0n) is 16.8. The van der Waals surface area contributed by atoms with Crippen molar-refractivity contribution in [2.75, 3.05) is 24.2 Å². The molecule has 0 atom stereocenters. The van der Waals surface area contributed by atoms with Gasteiger partial charge in [-0.2, -0.15) is 0 Å². The minimum absolute atomic E-state index is 0.0574. The van der Waals surface area contributed by atoms with E-state index in [0.29, 0.717) is 5.75 Å². The zero-order valence-corrected chi connectivity index (χ0v) is 18.3. The highest BCUT2D eigenvalue weighted by Crippen LogP contribution is 2.30. The number of anilines is 2. The Morgan fingerprint density at radius 3 is 2.45 bits per heavy atom. The van der Waals surface area contributed by atoms with E-state index in [0.717, 1.165) is 27.8 Å². The maximum absolute atomic E-state index is 12.8. The van der Waals surface area contributed by atoms with Gasteiger partial charge >= 0.3 is 0 Å². The van der Waals surface area contributed by atoms with Gasteiger partial charge in [0.1, 0.15) is 11.6 Å². The van der Waals surface area contributed by atoms with E-state index in [9.17, 15) is 8.42 Å². The second kappa shape index (κ2) is 8.41. The van der Waals surface area contributed by atoms with E-state index < -0.39 is 10.0 Å². The summed E-state index contributed by atoms with van der Waals surface area (Å²) in [6, 6.07) is 17.4. The van der Waals surface area contributed by atoms with Gasteiger partial charge in [-0.25, -0.2) is 18.4 Å². The average Bonchev–Trinajstić information content (AvgIpc) is 2.79. The fraction of sp³-hybridized carbons (Fsp3) is 0.0909. The number of pyridine rings is 2. The summed E-state index contributed by atoms with van der Waals surface area (Å²) < 4.78 is 33.2. The Hall–Kier alpha value is -3.36. The largest absolute Gasteiger partial charge is 0.497 e. The fourth-order valence-corrected chi connectivity index (χ4v) is 4.34. The number of hydrogen-bond donors (Lipinski definition) is 2. The molecular weight excluding hydrogens is 436 g/mol. The number of nitrogens with zero attached hydrogens (tertiary/aromatic N) is 2. The first-order valence-electron chi connectivity index (χ1n) is 9.31. The summed E-state index contributed by atoms with van der Waals surface area (Å²) in [4.78, 5) is 8.76. The first-order valence-corrected chi connectivity index (χ1v) is 11.2. The second-order valence-electron chi connectivity index (χ2n) is 6.70. The van der Waals surface area contributed by atoms with Crippen LogP contribution in [0, 0.1) is 0 Å². The van der Waals surface area contributed by atoms with Crippen LogP contribution in [0.3, 0.4) is 0 Å². The number of benzene rings is 2. The minimum Gasteiger partial charge on any atom is -0.497 e. The normalized spacial score (nSPS) is 11.3. The Kier molecular flexibility index (Phi) is 5.67. The van der Waals surface area contributed by atoms with Gasteiger partial charge in [0.05, 0.1) is 23.2 Å². The molecule has 0 spiro atoms. The number of sulfonamides is 1. The molecule has 0 unspecified atom stereocenters. The molecule has 0 amide bonds. The van der Waals surface area contributed by atoms with E-state index in [1.165, 1.54) is 19.2 Å². The van der Waals surface area contributed by atoms with Crippen LogP contribution in [0.1, 0.15) is 0 Å². The molecule has 2 heterocycles. The van der Waals surface area contributed by atoms with Crippen molar-refractivity contribution in [1.82, 2.24) is 9.97 Å². The van der Waals surface area contributed by atoms with E-state index in [1.54, 1.807) is 24.4 Å². The van der Waals surface area contributed by atoms with Crippen LogP contribution in [0.2, 0.25) is 5.15 Å². The molecule has 4 aromatic rings. The lowest BCUT2D eigenvalue weighted by Gasteiger charge is -2.12. The Balaban J connectivity index is 1.67. The fourth-order valence-electron chi connectivity index (χ4n) is 3.08. The van der Waals surface area contributed by atoms with Crippen LogP contribution < -0.4 is 14.8 Å². The predicted octanol–water partition coefficient (Wildman–Crippen LogP) is 4.80. The molecule has 0 saturated carbocycles. The van der Waals surface area contributed by atoms with E-state index in [1.807, 2.05) is 37.4 Å². The van der Waals surface area contributed by atoms with Crippen LogP contribution in [0.4, 0.5) is 11.5 Å². The zero-order chi connectivity index (χ0) is 22.0. The quantitative estimate of drug-likeness (QED) is 0.406. The first kappa shape index (κ1) is 20.9. The van der Waals surface area contributed by atoms with Crippen LogP contribution in [-0.2, 0) is 10.0 Å². The molecule has 158 valence electrons. The van der Waals surface area contributed by atoms with Gasteiger partial charge in [-0.15, -0.1) is 0 Å². The smallest absolute Gasteiger partial charge is 0.261 e. The van der Waals surface area contributed by atoms with Crippen LogP contribution in [0.5, 0.6) is 5.75 Å². The Morgan fingerprint density at radius 1 is 0.968 bits per heavy atom. The maximum Gasteiger partial charge on any atom is 0.261 e. The number of aromatic nitrogens is 2. The average molecular weight is 455 g/mol. The maximum atomic E-state index is 12.8. The molecule has 0 aliphatic carbocycles. The molecule has 0 saturated heterocycles. The van der Waals surface area contributed by atoms with Crippen LogP contribution >= 0.6 is 11.6 Å². The van der Waals surface area contributed by atoms with Crippen molar-refractivity contribution in [3.8, 4) is 16.9 Å². The Morgan fingerprint density at radius 2 is 1.74 bits per heavy atom. The van der Waals surface area contributed by atoms with Crippen molar-refractivity contribution >= 4 is 44.0 Å². The van der Waals surface area contributed by atoms with Gasteiger partial charge in [-0.1, -0.05) is 17.7 Å².